The monoisotopic (exact) mass is 491 g/mol. The van der Waals surface area contributed by atoms with E-state index in [-0.39, 0.29) is 35.0 Å². The topological polar surface area (TPSA) is 119 Å². The fourth-order valence-corrected chi connectivity index (χ4v) is 4.82. The molecule has 0 radical (unpaired) electrons. The molecule has 1 aromatic carbocycles. The Morgan fingerprint density at radius 2 is 1.97 bits per heavy atom. The van der Waals surface area contributed by atoms with Crippen molar-refractivity contribution in [3.8, 4) is 11.6 Å². The molecule has 1 atom stereocenters. The predicted molar refractivity (Wildman–Crippen MR) is 129 cm³/mol. The predicted octanol–water partition coefficient (Wildman–Crippen LogP) is 2.09. The van der Waals surface area contributed by atoms with Crippen LogP contribution in [0.15, 0.2) is 48.0 Å². The van der Waals surface area contributed by atoms with Crippen molar-refractivity contribution >= 4 is 28.5 Å². The quantitative estimate of drug-likeness (QED) is 0.458. The van der Waals surface area contributed by atoms with E-state index in [1.165, 1.54) is 6.20 Å². The summed E-state index contributed by atoms with van der Waals surface area (Å²) >= 11 is 0. The van der Waals surface area contributed by atoms with Crippen LogP contribution in [0.25, 0.3) is 16.7 Å². The number of imidazole rings is 1. The zero-order valence-corrected chi connectivity index (χ0v) is 19.3. The van der Waals surface area contributed by atoms with Crippen LogP contribution in [0.2, 0.25) is 0 Å². The molecule has 2 aliphatic heterocycles. The first-order valence-corrected chi connectivity index (χ1v) is 11.5. The number of carboxylic acid groups (broad SMARTS) is 1. The molecular formula is C24H22FN7O4. The normalized spacial score (nSPS) is 17.3. The molecule has 4 aromatic rings. The van der Waals surface area contributed by atoms with Gasteiger partial charge in [0.1, 0.15) is 30.0 Å². The number of hydrogen-bond acceptors (Lipinski definition) is 8. The molecule has 6 rings (SSSR count). The molecule has 1 N–H and O–H groups in total. The van der Waals surface area contributed by atoms with Crippen molar-refractivity contribution in [2.24, 2.45) is 0 Å². The number of rotatable bonds is 4. The number of aromatic carboxylic acids is 1. The molecule has 0 aliphatic carbocycles. The molecule has 2 aliphatic rings. The Kier molecular flexibility index (Phi) is 5.09. The van der Waals surface area contributed by atoms with E-state index in [9.17, 15) is 14.7 Å². The van der Waals surface area contributed by atoms with Gasteiger partial charge >= 0.3 is 5.97 Å². The van der Waals surface area contributed by atoms with Crippen molar-refractivity contribution in [3.05, 3.63) is 64.9 Å². The lowest BCUT2D eigenvalue weighted by Crippen LogP contribution is -2.47. The standard InChI is InChI=1S/C24H22FN7O4/c1-14-12-36-22-19-15(21(33)16(23(34)35)11-32(14)19)10-17(25)20(22)29-6-8-30(9-7-29)24-27-3-2-18(28-24)31-5-4-26-13-31/h2-5,10-11,13-14H,6-9,12H2,1H3,(H,34,35). The highest BCUT2D eigenvalue weighted by atomic mass is 19.1. The third-order valence-electron chi connectivity index (χ3n) is 6.65. The molecule has 12 heteroatoms. The van der Waals surface area contributed by atoms with Crippen molar-refractivity contribution in [2.75, 3.05) is 42.6 Å². The van der Waals surface area contributed by atoms with E-state index in [0.717, 1.165) is 6.07 Å². The van der Waals surface area contributed by atoms with Gasteiger partial charge in [0.15, 0.2) is 11.6 Å². The van der Waals surface area contributed by atoms with Gasteiger partial charge in [0, 0.05) is 51.0 Å². The van der Waals surface area contributed by atoms with Gasteiger partial charge in [0.2, 0.25) is 11.4 Å². The van der Waals surface area contributed by atoms with Crippen molar-refractivity contribution in [1.29, 1.82) is 0 Å². The average Bonchev–Trinajstić information content (AvgIpc) is 3.42. The summed E-state index contributed by atoms with van der Waals surface area (Å²) in [5.74, 6) is -0.424. The Morgan fingerprint density at radius 1 is 1.19 bits per heavy atom. The lowest BCUT2D eigenvalue weighted by Gasteiger charge is -2.38. The fraction of sp³-hybridized carbons (Fsp3) is 0.292. The third-order valence-corrected chi connectivity index (χ3v) is 6.65. The Balaban J connectivity index is 1.34. The Hall–Kier alpha value is -4.48. The van der Waals surface area contributed by atoms with E-state index in [1.54, 1.807) is 40.1 Å². The molecule has 1 unspecified atom stereocenters. The number of halogens is 1. The second-order valence-corrected chi connectivity index (χ2v) is 8.84. The molecule has 3 aromatic heterocycles. The first-order chi connectivity index (χ1) is 17.4. The molecule has 184 valence electrons. The van der Waals surface area contributed by atoms with E-state index in [4.69, 9.17) is 4.74 Å². The molecule has 0 amide bonds. The fourth-order valence-electron chi connectivity index (χ4n) is 4.82. The molecule has 1 saturated heterocycles. The SMILES string of the molecule is CC1COc2c(N3CCN(c4nccc(-n5ccnc5)n4)CC3)c(F)cc3c(=O)c(C(=O)O)cn1c23. The molecule has 0 saturated carbocycles. The molecule has 36 heavy (non-hydrogen) atoms. The van der Waals surface area contributed by atoms with Gasteiger partial charge in [0.05, 0.1) is 16.9 Å². The number of anilines is 2. The van der Waals surface area contributed by atoms with Crippen molar-refractivity contribution in [3.63, 3.8) is 0 Å². The van der Waals surface area contributed by atoms with Crippen LogP contribution in [0.5, 0.6) is 5.75 Å². The van der Waals surface area contributed by atoms with E-state index in [0.29, 0.717) is 43.5 Å². The van der Waals surface area contributed by atoms with E-state index in [1.807, 2.05) is 16.7 Å². The van der Waals surface area contributed by atoms with Gasteiger partial charge in [-0.1, -0.05) is 0 Å². The van der Waals surface area contributed by atoms with E-state index < -0.39 is 17.2 Å². The second kappa shape index (κ2) is 8.33. The summed E-state index contributed by atoms with van der Waals surface area (Å²) in [5, 5.41) is 9.47. The van der Waals surface area contributed by atoms with Crippen LogP contribution >= 0.6 is 0 Å². The van der Waals surface area contributed by atoms with E-state index >= 15 is 4.39 Å². The minimum absolute atomic E-state index is 0.000975. The summed E-state index contributed by atoms with van der Waals surface area (Å²) in [6, 6.07) is 2.71. The first kappa shape index (κ1) is 22.0. The molecule has 0 bridgehead atoms. The van der Waals surface area contributed by atoms with Crippen LogP contribution in [0.4, 0.5) is 16.0 Å². The number of carbonyl (C=O) groups is 1. The van der Waals surface area contributed by atoms with Gasteiger partial charge in [-0.25, -0.2) is 19.2 Å². The van der Waals surface area contributed by atoms with Gasteiger partial charge in [-0.05, 0) is 19.1 Å². The largest absolute Gasteiger partial charge is 0.487 e. The maximum Gasteiger partial charge on any atom is 0.341 e. The third kappa shape index (κ3) is 3.44. The number of aromatic nitrogens is 5. The van der Waals surface area contributed by atoms with Crippen LogP contribution in [0, 0.1) is 5.82 Å². The van der Waals surface area contributed by atoms with Gasteiger partial charge < -0.3 is 24.2 Å². The summed E-state index contributed by atoms with van der Waals surface area (Å²) in [7, 11) is 0. The Labute approximate surface area is 204 Å². The van der Waals surface area contributed by atoms with Crippen LogP contribution in [-0.2, 0) is 0 Å². The highest BCUT2D eigenvalue weighted by molar-refractivity contribution is 5.97. The molecule has 5 heterocycles. The van der Waals surface area contributed by atoms with Gasteiger partial charge in [-0.3, -0.25) is 9.36 Å². The maximum atomic E-state index is 15.5. The summed E-state index contributed by atoms with van der Waals surface area (Å²) in [5.41, 5.74) is -0.420. The first-order valence-electron chi connectivity index (χ1n) is 11.5. The zero-order chi connectivity index (χ0) is 25.0. The molecular weight excluding hydrogens is 469 g/mol. The number of piperazine rings is 1. The van der Waals surface area contributed by atoms with E-state index in [2.05, 4.69) is 15.0 Å². The van der Waals surface area contributed by atoms with Crippen molar-refractivity contribution < 1.29 is 19.0 Å². The summed E-state index contributed by atoms with van der Waals surface area (Å²) in [6.45, 7) is 4.14. The van der Waals surface area contributed by atoms with Crippen molar-refractivity contribution in [2.45, 2.75) is 13.0 Å². The lowest BCUT2D eigenvalue weighted by molar-refractivity contribution is 0.0694. The number of benzene rings is 1. The van der Waals surface area contributed by atoms with Crippen LogP contribution in [0.3, 0.4) is 0 Å². The summed E-state index contributed by atoms with van der Waals surface area (Å²) < 4.78 is 24.9. The van der Waals surface area contributed by atoms with Gasteiger partial charge in [-0.15, -0.1) is 0 Å². The highest BCUT2D eigenvalue weighted by Gasteiger charge is 2.31. The number of nitrogens with zero attached hydrogens (tertiary/aromatic N) is 7. The number of ether oxygens (including phenoxy) is 1. The molecule has 1 fully saturated rings. The molecule has 0 spiro atoms. The number of hydrogen-bond donors (Lipinski definition) is 1. The molecule has 11 nitrogen and oxygen atoms in total. The van der Waals surface area contributed by atoms with Gasteiger partial charge in [0.25, 0.3) is 0 Å². The van der Waals surface area contributed by atoms with Crippen LogP contribution in [-0.4, -0.2) is 67.9 Å². The lowest BCUT2D eigenvalue weighted by atomic mass is 10.1. The minimum Gasteiger partial charge on any atom is -0.487 e. The average molecular weight is 491 g/mol. The second-order valence-electron chi connectivity index (χ2n) is 8.84. The zero-order valence-electron chi connectivity index (χ0n) is 19.3. The van der Waals surface area contributed by atoms with Crippen molar-refractivity contribution in [1.82, 2.24) is 24.1 Å². The van der Waals surface area contributed by atoms with Gasteiger partial charge in [-0.2, -0.15) is 4.98 Å². The summed E-state index contributed by atoms with van der Waals surface area (Å²) in [4.78, 5) is 41.4. The smallest absolute Gasteiger partial charge is 0.341 e. The number of carboxylic acids is 1. The van der Waals surface area contributed by atoms with Crippen LogP contribution < -0.4 is 20.0 Å². The highest BCUT2D eigenvalue weighted by Crippen LogP contribution is 2.42. The Bertz CT molecular complexity index is 1540. The minimum atomic E-state index is -1.34. The van der Waals surface area contributed by atoms with Crippen LogP contribution in [0.1, 0.15) is 23.3 Å². The summed E-state index contributed by atoms with van der Waals surface area (Å²) in [6.07, 6.45) is 8.16. The Morgan fingerprint density at radius 3 is 2.69 bits per heavy atom. The number of pyridine rings is 1. The maximum absolute atomic E-state index is 15.5.